The highest BCUT2D eigenvalue weighted by Gasteiger charge is 2.10. The summed E-state index contributed by atoms with van der Waals surface area (Å²) in [5.74, 6) is -0.645. The van der Waals surface area contributed by atoms with E-state index < -0.39 is 5.97 Å². The predicted molar refractivity (Wildman–Crippen MR) is 63.6 cm³/mol. The SMILES string of the molecule is Cc1cccc(-c2nc(N)cc(C(=O)O)n2)c1. The average molecular weight is 229 g/mol. The number of aromatic carboxylic acids is 1. The summed E-state index contributed by atoms with van der Waals surface area (Å²) in [6.45, 7) is 1.94. The minimum atomic E-state index is -1.12. The van der Waals surface area contributed by atoms with Gasteiger partial charge in [-0.05, 0) is 13.0 Å². The number of nitrogens with two attached hydrogens (primary N) is 1. The molecule has 0 amide bonds. The summed E-state index contributed by atoms with van der Waals surface area (Å²) < 4.78 is 0. The number of carbonyl (C=O) groups is 1. The van der Waals surface area contributed by atoms with Crippen molar-refractivity contribution >= 4 is 11.8 Å². The van der Waals surface area contributed by atoms with Crippen LogP contribution in [0, 0.1) is 6.92 Å². The quantitative estimate of drug-likeness (QED) is 0.818. The predicted octanol–water partition coefficient (Wildman–Crippen LogP) is 1.73. The lowest BCUT2D eigenvalue weighted by Gasteiger charge is -2.04. The molecule has 0 aliphatic heterocycles. The van der Waals surface area contributed by atoms with Crippen LogP contribution in [0.3, 0.4) is 0 Å². The Morgan fingerprint density at radius 1 is 1.29 bits per heavy atom. The number of aromatic nitrogens is 2. The van der Waals surface area contributed by atoms with Crippen LogP contribution in [0.15, 0.2) is 30.3 Å². The number of benzene rings is 1. The van der Waals surface area contributed by atoms with Gasteiger partial charge in [-0.3, -0.25) is 0 Å². The van der Waals surface area contributed by atoms with E-state index in [0.29, 0.717) is 5.82 Å². The molecule has 0 aliphatic rings. The Hall–Kier alpha value is -2.43. The van der Waals surface area contributed by atoms with Crippen molar-refractivity contribution in [2.24, 2.45) is 0 Å². The van der Waals surface area contributed by atoms with Crippen molar-refractivity contribution in [2.45, 2.75) is 6.92 Å². The van der Waals surface area contributed by atoms with Crippen molar-refractivity contribution in [1.82, 2.24) is 9.97 Å². The highest BCUT2D eigenvalue weighted by Crippen LogP contribution is 2.18. The average Bonchev–Trinajstić information content (AvgIpc) is 2.28. The van der Waals surface area contributed by atoms with Gasteiger partial charge in [0.05, 0.1) is 0 Å². The van der Waals surface area contributed by atoms with Crippen LogP contribution in [0.2, 0.25) is 0 Å². The third-order valence-corrected chi connectivity index (χ3v) is 2.24. The van der Waals surface area contributed by atoms with Crippen molar-refractivity contribution < 1.29 is 9.90 Å². The second-order valence-corrected chi connectivity index (χ2v) is 3.68. The van der Waals surface area contributed by atoms with Crippen LogP contribution < -0.4 is 5.73 Å². The van der Waals surface area contributed by atoms with Gasteiger partial charge in [-0.1, -0.05) is 23.8 Å². The molecule has 0 aliphatic carbocycles. The maximum atomic E-state index is 10.9. The van der Waals surface area contributed by atoms with E-state index >= 15 is 0 Å². The molecule has 5 heteroatoms. The number of hydrogen-bond acceptors (Lipinski definition) is 4. The first-order valence-corrected chi connectivity index (χ1v) is 5.01. The Morgan fingerprint density at radius 3 is 2.71 bits per heavy atom. The second-order valence-electron chi connectivity index (χ2n) is 3.68. The number of aryl methyl sites for hydroxylation is 1. The maximum absolute atomic E-state index is 10.9. The van der Waals surface area contributed by atoms with Crippen LogP contribution in [0.4, 0.5) is 5.82 Å². The van der Waals surface area contributed by atoms with Gasteiger partial charge in [0.2, 0.25) is 0 Å². The molecule has 2 rings (SSSR count). The van der Waals surface area contributed by atoms with E-state index in [1.54, 1.807) is 0 Å². The Balaban J connectivity index is 2.56. The minimum Gasteiger partial charge on any atom is -0.477 e. The molecule has 1 aromatic heterocycles. The van der Waals surface area contributed by atoms with Gasteiger partial charge in [-0.25, -0.2) is 14.8 Å². The number of nitrogen functional groups attached to an aromatic ring is 1. The number of hydrogen-bond donors (Lipinski definition) is 2. The molecule has 0 unspecified atom stereocenters. The molecule has 0 atom stereocenters. The first kappa shape index (κ1) is 11.1. The Bertz CT molecular complexity index is 582. The summed E-state index contributed by atoms with van der Waals surface area (Å²) in [5, 5.41) is 8.89. The first-order chi connectivity index (χ1) is 8.06. The molecule has 5 nitrogen and oxygen atoms in total. The van der Waals surface area contributed by atoms with Crippen molar-refractivity contribution in [3.05, 3.63) is 41.6 Å². The molecule has 0 saturated heterocycles. The number of nitrogens with zero attached hydrogens (tertiary/aromatic N) is 2. The number of rotatable bonds is 2. The zero-order chi connectivity index (χ0) is 12.4. The molecule has 2 aromatic rings. The highest BCUT2D eigenvalue weighted by atomic mass is 16.4. The third kappa shape index (κ3) is 2.39. The summed E-state index contributed by atoms with van der Waals surface area (Å²) in [4.78, 5) is 18.8. The van der Waals surface area contributed by atoms with Crippen LogP contribution in [0.1, 0.15) is 16.1 Å². The van der Waals surface area contributed by atoms with Crippen LogP contribution in [0.5, 0.6) is 0 Å². The monoisotopic (exact) mass is 229 g/mol. The number of carboxylic acids is 1. The zero-order valence-corrected chi connectivity index (χ0v) is 9.21. The second kappa shape index (κ2) is 4.21. The smallest absolute Gasteiger partial charge is 0.354 e. The van der Waals surface area contributed by atoms with Crippen molar-refractivity contribution in [1.29, 1.82) is 0 Å². The van der Waals surface area contributed by atoms with Gasteiger partial charge < -0.3 is 10.8 Å². The normalized spacial score (nSPS) is 10.2. The fraction of sp³-hybridized carbons (Fsp3) is 0.0833. The fourth-order valence-electron chi connectivity index (χ4n) is 1.49. The highest BCUT2D eigenvalue weighted by molar-refractivity contribution is 5.86. The van der Waals surface area contributed by atoms with E-state index in [2.05, 4.69) is 9.97 Å². The van der Waals surface area contributed by atoms with E-state index in [4.69, 9.17) is 10.8 Å². The van der Waals surface area contributed by atoms with Gasteiger partial charge in [0.1, 0.15) is 5.82 Å². The Labute approximate surface area is 98.0 Å². The van der Waals surface area contributed by atoms with Crippen molar-refractivity contribution in [3.8, 4) is 11.4 Å². The van der Waals surface area contributed by atoms with E-state index in [0.717, 1.165) is 11.1 Å². The molecule has 3 N–H and O–H groups in total. The van der Waals surface area contributed by atoms with Crippen molar-refractivity contribution in [2.75, 3.05) is 5.73 Å². The van der Waals surface area contributed by atoms with Crippen LogP contribution in [-0.4, -0.2) is 21.0 Å². The van der Waals surface area contributed by atoms with Crippen LogP contribution >= 0.6 is 0 Å². The maximum Gasteiger partial charge on any atom is 0.354 e. The zero-order valence-electron chi connectivity index (χ0n) is 9.21. The molecule has 0 spiro atoms. The van der Waals surface area contributed by atoms with Gasteiger partial charge in [0, 0.05) is 11.6 Å². The Kier molecular flexibility index (Phi) is 2.74. The lowest BCUT2D eigenvalue weighted by atomic mass is 10.1. The largest absolute Gasteiger partial charge is 0.477 e. The summed E-state index contributed by atoms with van der Waals surface area (Å²) in [5.41, 5.74) is 7.25. The molecule has 0 saturated carbocycles. The molecule has 0 fully saturated rings. The van der Waals surface area contributed by atoms with Gasteiger partial charge in [-0.2, -0.15) is 0 Å². The molecule has 1 aromatic carbocycles. The Morgan fingerprint density at radius 2 is 2.06 bits per heavy atom. The summed E-state index contributed by atoms with van der Waals surface area (Å²) in [7, 11) is 0. The molecule has 17 heavy (non-hydrogen) atoms. The lowest BCUT2D eigenvalue weighted by molar-refractivity contribution is 0.0690. The molecule has 86 valence electrons. The standard InChI is InChI=1S/C12H11N3O2/c1-7-3-2-4-8(5-7)11-14-9(12(16)17)6-10(13)15-11/h2-6H,1H3,(H,16,17)(H2,13,14,15). The van der Waals surface area contributed by atoms with Crippen LogP contribution in [-0.2, 0) is 0 Å². The van der Waals surface area contributed by atoms with E-state index in [1.807, 2.05) is 31.2 Å². The van der Waals surface area contributed by atoms with Gasteiger partial charge >= 0.3 is 5.97 Å². The molecule has 1 heterocycles. The number of carboxylic acid groups (broad SMARTS) is 1. The van der Waals surface area contributed by atoms with Gasteiger partial charge in [-0.15, -0.1) is 0 Å². The molecular weight excluding hydrogens is 218 g/mol. The fourth-order valence-corrected chi connectivity index (χ4v) is 1.49. The molecule has 0 bridgehead atoms. The van der Waals surface area contributed by atoms with Crippen LogP contribution in [0.25, 0.3) is 11.4 Å². The summed E-state index contributed by atoms with van der Waals surface area (Å²) >= 11 is 0. The molecular formula is C12H11N3O2. The number of anilines is 1. The lowest BCUT2D eigenvalue weighted by Crippen LogP contribution is -2.05. The summed E-state index contributed by atoms with van der Waals surface area (Å²) in [6, 6.07) is 8.72. The van der Waals surface area contributed by atoms with Gasteiger partial charge in [0.25, 0.3) is 0 Å². The van der Waals surface area contributed by atoms with E-state index in [-0.39, 0.29) is 11.5 Å². The molecule has 0 radical (unpaired) electrons. The van der Waals surface area contributed by atoms with Crippen molar-refractivity contribution in [3.63, 3.8) is 0 Å². The minimum absolute atomic E-state index is 0.103. The van der Waals surface area contributed by atoms with Gasteiger partial charge in [0.15, 0.2) is 11.5 Å². The van der Waals surface area contributed by atoms with E-state index in [1.165, 1.54) is 6.07 Å². The van der Waals surface area contributed by atoms with E-state index in [9.17, 15) is 4.79 Å². The third-order valence-electron chi connectivity index (χ3n) is 2.24. The summed E-state index contributed by atoms with van der Waals surface area (Å²) in [6.07, 6.45) is 0. The first-order valence-electron chi connectivity index (χ1n) is 5.01. The topological polar surface area (TPSA) is 89.1 Å².